The number of carbonyl (C=O) groups is 1. The van der Waals surface area contributed by atoms with Gasteiger partial charge in [0, 0.05) is 11.6 Å². The van der Waals surface area contributed by atoms with Crippen LogP contribution >= 0.6 is 0 Å². The first-order valence-electron chi connectivity index (χ1n) is 4.42. The summed E-state index contributed by atoms with van der Waals surface area (Å²) in [5, 5.41) is 8.82. The molecule has 0 atom stereocenters. The molecule has 1 aromatic carbocycles. The van der Waals surface area contributed by atoms with Gasteiger partial charge in [0.1, 0.15) is 11.5 Å². The summed E-state index contributed by atoms with van der Waals surface area (Å²) in [7, 11) is 1.23. The van der Waals surface area contributed by atoms with Gasteiger partial charge in [0.25, 0.3) is 0 Å². The number of carboxylic acid groups (broad SMARTS) is 1. The zero-order valence-electron chi connectivity index (χ0n) is 8.96. The highest BCUT2D eigenvalue weighted by Gasteiger charge is 2.32. The highest BCUT2D eigenvalue weighted by molar-refractivity contribution is 5.90. The lowest BCUT2D eigenvalue weighted by Crippen LogP contribution is -2.17. The molecule has 0 bridgehead atoms. The molecule has 0 unspecified atom stereocenters. The number of alkyl halides is 3. The summed E-state index contributed by atoms with van der Waals surface area (Å²) in [6.07, 6.45) is -4.88. The molecule has 0 heterocycles. The van der Waals surface area contributed by atoms with E-state index in [1.54, 1.807) is 0 Å². The quantitative estimate of drug-likeness (QED) is 0.895. The molecule has 0 saturated carbocycles. The van der Waals surface area contributed by atoms with Crippen molar-refractivity contribution in [3.05, 3.63) is 23.3 Å². The average molecular weight is 250 g/mol. The number of carboxylic acids is 1. The van der Waals surface area contributed by atoms with Gasteiger partial charge >= 0.3 is 12.3 Å². The summed E-state index contributed by atoms with van der Waals surface area (Å²) in [5.74, 6) is -1.96. The number of ether oxygens (including phenoxy) is 2. The van der Waals surface area contributed by atoms with Gasteiger partial charge in [-0.2, -0.15) is 0 Å². The van der Waals surface area contributed by atoms with E-state index in [9.17, 15) is 18.0 Å². The highest BCUT2D eigenvalue weighted by Crippen LogP contribution is 2.31. The third-order valence-electron chi connectivity index (χ3n) is 2.02. The van der Waals surface area contributed by atoms with Gasteiger partial charge in [-0.05, 0) is 13.0 Å². The molecule has 0 radical (unpaired) electrons. The SMILES string of the molecule is COc1cc(OC(F)(F)F)cc(C(=O)O)c1C. The third-order valence-corrected chi connectivity index (χ3v) is 2.02. The van der Waals surface area contributed by atoms with Gasteiger partial charge in [-0.25, -0.2) is 4.79 Å². The van der Waals surface area contributed by atoms with Crippen LogP contribution in [0.2, 0.25) is 0 Å². The molecular formula is C10H9F3O4. The molecule has 0 spiro atoms. The summed E-state index contributed by atoms with van der Waals surface area (Å²) < 4.78 is 44.4. The van der Waals surface area contributed by atoms with Crippen LogP contribution in [0.3, 0.4) is 0 Å². The van der Waals surface area contributed by atoms with Crippen molar-refractivity contribution in [2.75, 3.05) is 7.11 Å². The Hall–Kier alpha value is -1.92. The molecule has 7 heteroatoms. The van der Waals surface area contributed by atoms with Crippen LogP contribution in [0.25, 0.3) is 0 Å². The van der Waals surface area contributed by atoms with Crippen molar-refractivity contribution < 1.29 is 32.5 Å². The molecular weight excluding hydrogens is 241 g/mol. The number of halogens is 3. The van der Waals surface area contributed by atoms with Crippen molar-refractivity contribution >= 4 is 5.97 Å². The molecule has 0 amide bonds. The first-order chi connectivity index (χ1) is 7.74. The van der Waals surface area contributed by atoms with E-state index < -0.39 is 18.1 Å². The van der Waals surface area contributed by atoms with Crippen molar-refractivity contribution in [2.24, 2.45) is 0 Å². The largest absolute Gasteiger partial charge is 0.573 e. The predicted molar refractivity (Wildman–Crippen MR) is 51.4 cm³/mol. The van der Waals surface area contributed by atoms with Gasteiger partial charge < -0.3 is 14.6 Å². The van der Waals surface area contributed by atoms with Crippen molar-refractivity contribution in [1.29, 1.82) is 0 Å². The Morgan fingerprint density at radius 3 is 2.35 bits per heavy atom. The maximum Gasteiger partial charge on any atom is 0.573 e. The number of benzene rings is 1. The molecule has 1 N–H and O–H groups in total. The summed E-state index contributed by atoms with van der Waals surface area (Å²) in [6, 6.07) is 1.78. The predicted octanol–water partition coefficient (Wildman–Crippen LogP) is 2.60. The molecule has 0 aliphatic carbocycles. The van der Waals surface area contributed by atoms with E-state index in [0.717, 1.165) is 12.1 Å². The standard InChI is InChI=1S/C10H9F3O4/c1-5-7(9(14)15)3-6(4-8(5)16-2)17-10(11,12)13/h3-4H,1-2H3,(H,14,15). The lowest BCUT2D eigenvalue weighted by Gasteiger charge is -2.13. The van der Waals surface area contributed by atoms with Crippen LogP contribution in [0.4, 0.5) is 13.2 Å². The summed E-state index contributed by atoms with van der Waals surface area (Å²) in [4.78, 5) is 10.8. The van der Waals surface area contributed by atoms with E-state index in [1.807, 2.05) is 0 Å². The molecule has 0 aliphatic rings. The maximum atomic E-state index is 12.0. The third kappa shape index (κ3) is 3.27. The van der Waals surface area contributed by atoms with Gasteiger partial charge in [0.05, 0.1) is 12.7 Å². The number of hydrogen-bond acceptors (Lipinski definition) is 3. The van der Waals surface area contributed by atoms with E-state index in [-0.39, 0.29) is 16.9 Å². The van der Waals surface area contributed by atoms with E-state index in [2.05, 4.69) is 4.74 Å². The Labute approximate surface area is 94.6 Å². The Balaban J connectivity index is 3.25. The fourth-order valence-corrected chi connectivity index (χ4v) is 1.29. The molecule has 0 fully saturated rings. The van der Waals surface area contributed by atoms with Crippen molar-refractivity contribution in [1.82, 2.24) is 0 Å². The van der Waals surface area contributed by atoms with Crippen molar-refractivity contribution in [3.63, 3.8) is 0 Å². The summed E-state index contributed by atoms with van der Waals surface area (Å²) >= 11 is 0. The molecule has 1 aromatic rings. The van der Waals surface area contributed by atoms with Gasteiger partial charge in [-0.3, -0.25) is 0 Å². The Morgan fingerprint density at radius 1 is 1.35 bits per heavy atom. The van der Waals surface area contributed by atoms with Gasteiger partial charge in [-0.15, -0.1) is 13.2 Å². The highest BCUT2D eigenvalue weighted by atomic mass is 19.4. The Bertz CT molecular complexity index is 440. The van der Waals surface area contributed by atoms with Gasteiger partial charge in [0.2, 0.25) is 0 Å². The lowest BCUT2D eigenvalue weighted by atomic mass is 10.1. The van der Waals surface area contributed by atoms with Crippen molar-refractivity contribution in [3.8, 4) is 11.5 Å². The molecule has 17 heavy (non-hydrogen) atoms. The molecule has 0 aliphatic heterocycles. The average Bonchev–Trinajstić information content (AvgIpc) is 2.17. The first kappa shape index (κ1) is 13.1. The number of methoxy groups -OCH3 is 1. The minimum Gasteiger partial charge on any atom is -0.496 e. The minimum absolute atomic E-state index is 0.0177. The van der Waals surface area contributed by atoms with Crippen LogP contribution in [-0.4, -0.2) is 24.5 Å². The van der Waals surface area contributed by atoms with Crippen LogP contribution in [0.15, 0.2) is 12.1 Å². The second-order valence-electron chi connectivity index (χ2n) is 3.15. The summed E-state index contributed by atoms with van der Waals surface area (Å²) in [6.45, 7) is 1.43. The Kier molecular flexibility index (Phi) is 3.50. The molecule has 0 saturated heterocycles. The second kappa shape index (κ2) is 4.52. The van der Waals surface area contributed by atoms with Crippen LogP contribution in [0.1, 0.15) is 15.9 Å². The topological polar surface area (TPSA) is 55.8 Å². The van der Waals surface area contributed by atoms with Crippen LogP contribution in [0, 0.1) is 6.92 Å². The second-order valence-corrected chi connectivity index (χ2v) is 3.15. The van der Waals surface area contributed by atoms with E-state index in [1.165, 1.54) is 14.0 Å². The van der Waals surface area contributed by atoms with Gasteiger partial charge in [0.15, 0.2) is 0 Å². The lowest BCUT2D eigenvalue weighted by molar-refractivity contribution is -0.274. The zero-order chi connectivity index (χ0) is 13.2. The zero-order valence-corrected chi connectivity index (χ0v) is 8.96. The Morgan fingerprint density at radius 2 is 1.94 bits per heavy atom. The van der Waals surface area contributed by atoms with Crippen LogP contribution in [-0.2, 0) is 0 Å². The van der Waals surface area contributed by atoms with E-state index >= 15 is 0 Å². The molecule has 0 aromatic heterocycles. The number of rotatable bonds is 3. The molecule has 94 valence electrons. The van der Waals surface area contributed by atoms with E-state index in [0.29, 0.717) is 0 Å². The normalized spacial score (nSPS) is 11.1. The maximum absolute atomic E-state index is 12.0. The smallest absolute Gasteiger partial charge is 0.496 e. The minimum atomic E-state index is -4.88. The van der Waals surface area contributed by atoms with Crippen LogP contribution in [0.5, 0.6) is 11.5 Å². The summed E-state index contributed by atoms with van der Waals surface area (Å²) in [5.41, 5.74) is -0.0712. The molecule has 4 nitrogen and oxygen atoms in total. The monoisotopic (exact) mass is 250 g/mol. The van der Waals surface area contributed by atoms with E-state index in [4.69, 9.17) is 9.84 Å². The fourth-order valence-electron chi connectivity index (χ4n) is 1.29. The first-order valence-corrected chi connectivity index (χ1v) is 4.42. The number of aromatic carboxylic acids is 1. The van der Waals surface area contributed by atoms with Crippen LogP contribution < -0.4 is 9.47 Å². The van der Waals surface area contributed by atoms with Gasteiger partial charge in [-0.1, -0.05) is 0 Å². The molecule has 1 rings (SSSR count). The number of hydrogen-bond donors (Lipinski definition) is 1. The van der Waals surface area contributed by atoms with Crippen molar-refractivity contribution in [2.45, 2.75) is 13.3 Å². The fraction of sp³-hybridized carbons (Fsp3) is 0.300.